The van der Waals surface area contributed by atoms with Gasteiger partial charge in [-0.3, -0.25) is 4.79 Å². The summed E-state index contributed by atoms with van der Waals surface area (Å²) in [6, 6.07) is -0.813. The first-order chi connectivity index (χ1) is 20.1. The summed E-state index contributed by atoms with van der Waals surface area (Å²) in [6.07, 6.45) is 37.2. The Morgan fingerprint density at radius 2 is 1.00 bits per heavy atom. The molecular weight excluding hydrogens is 510 g/mol. The predicted molar refractivity (Wildman–Crippen MR) is 176 cm³/mol. The van der Waals surface area contributed by atoms with Crippen LogP contribution in [0.1, 0.15) is 162 Å². The minimum Gasteiger partial charge on any atom is -0.394 e. The summed E-state index contributed by atoms with van der Waals surface area (Å²) in [5.74, 6) is -0.522. The third-order valence-corrected chi connectivity index (χ3v) is 7.70. The summed E-state index contributed by atoms with van der Waals surface area (Å²) in [5, 5.41) is 32.8. The molecule has 0 aromatic heterocycles. The van der Waals surface area contributed by atoms with E-state index in [2.05, 4.69) is 43.5 Å². The van der Waals surface area contributed by atoms with E-state index in [4.69, 9.17) is 0 Å². The van der Waals surface area contributed by atoms with Crippen LogP contribution in [0.15, 0.2) is 36.5 Å². The van der Waals surface area contributed by atoms with Crippen LogP contribution in [0.25, 0.3) is 0 Å². The Labute approximate surface area is 254 Å². The molecule has 240 valence electrons. The van der Waals surface area contributed by atoms with Crippen LogP contribution in [0.4, 0.5) is 0 Å². The molecule has 4 N–H and O–H groups in total. The summed E-state index contributed by atoms with van der Waals surface area (Å²) in [7, 11) is 0. The highest BCUT2D eigenvalue weighted by Crippen LogP contribution is 2.12. The van der Waals surface area contributed by atoms with Crippen LogP contribution in [-0.2, 0) is 4.79 Å². The standard InChI is InChI=1S/C36H67NO4/c1-3-5-7-9-11-13-15-17-19-21-23-25-27-29-31-35(40)36(41)37-33(32-38)34(39)30-28-26-24-22-20-18-16-14-12-10-8-6-4-2/h13,15,20,22,28,30,33-35,38-40H,3-12,14,16-19,21,23-27,29,31-32H2,1-2H3,(H,37,41)/b15-13-,22-20+,30-28+. The largest absolute Gasteiger partial charge is 0.394 e. The molecule has 0 aliphatic carbocycles. The zero-order valence-electron chi connectivity index (χ0n) is 26.9. The van der Waals surface area contributed by atoms with Crippen molar-refractivity contribution in [2.24, 2.45) is 0 Å². The second kappa shape index (κ2) is 31.5. The fourth-order valence-corrected chi connectivity index (χ4v) is 4.90. The molecule has 0 aliphatic heterocycles. The molecule has 0 radical (unpaired) electrons. The Hall–Kier alpha value is -1.43. The van der Waals surface area contributed by atoms with Crippen molar-refractivity contribution in [3.05, 3.63) is 36.5 Å². The van der Waals surface area contributed by atoms with Crippen molar-refractivity contribution in [3.63, 3.8) is 0 Å². The molecule has 0 fully saturated rings. The van der Waals surface area contributed by atoms with E-state index >= 15 is 0 Å². The summed E-state index contributed by atoms with van der Waals surface area (Å²) in [6.45, 7) is 4.11. The first-order valence-electron chi connectivity index (χ1n) is 17.3. The lowest BCUT2D eigenvalue weighted by Crippen LogP contribution is -2.48. The van der Waals surface area contributed by atoms with E-state index in [0.717, 1.165) is 44.9 Å². The van der Waals surface area contributed by atoms with Gasteiger partial charge in [0.15, 0.2) is 0 Å². The quantitative estimate of drug-likeness (QED) is 0.0507. The average molecular weight is 578 g/mol. The van der Waals surface area contributed by atoms with Crippen LogP contribution < -0.4 is 5.32 Å². The van der Waals surface area contributed by atoms with E-state index < -0.39 is 24.2 Å². The maximum atomic E-state index is 12.3. The van der Waals surface area contributed by atoms with Gasteiger partial charge in [0.2, 0.25) is 5.91 Å². The molecule has 0 saturated carbocycles. The van der Waals surface area contributed by atoms with Gasteiger partial charge in [-0.25, -0.2) is 0 Å². The van der Waals surface area contributed by atoms with Crippen molar-refractivity contribution in [1.82, 2.24) is 5.32 Å². The number of hydrogen-bond acceptors (Lipinski definition) is 4. The van der Waals surface area contributed by atoms with Crippen LogP contribution >= 0.6 is 0 Å². The highest BCUT2D eigenvalue weighted by molar-refractivity contribution is 5.80. The third kappa shape index (κ3) is 27.2. The molecule has 5 heteroatoms. The summed E-state index contributed by atoms with van der Waals surface area (Å²) >= 11 is 0. The van der Waals surface area contributed by atoms with Gasteiger partial charge < -0.3 is 20.6 Å². The number of hydrogen-bond donors (Lipinski definition) is 4. The van der Waals surface area contributed by atoms with Crippen molar-refractivity contribution in [3.8, 4) is 0 Å². The number of nitrogens with one attached hydrogen (secondary N) is 1. The Morgan fingerprint density at radius 1 is 0.585 bits per heavy atom. The predicted octanol–water partition coefficient (Wildman–Crippen LogP) is 8.87. The highest BCUT2D eigenvalue weighted by Gasteiger charge is 2.22. The first kappa shape index (κ1) is 39.6. The lowest BCUT2D eigenvalue weighted by molar-refractivity contribution is -0.131. The molecule has 3 unspecified atom stereocenters. The van der Waals surface area contributed by atoms with Crippen molar-refractivity contribution < 1.29 is 20.1 Å². The second-order valence-electron chi connectivity index (χ2n) is 11.7. The van der Waals surface area contributed by atoms with Gasteiger partial charge in [-0.15, -0.1) is 0 Å². The second-order valence-corrected chi connectivity index (χ2v) is 11.7. The topological polar surface area (TPSA) is 89.8 Å². The number of rotatable bonds is 30. The molecule has 0 aliphatic rings. The molecule has 0 aromatic rings. The van der Waals surface area contributed by atoms with Gasteiger partial charge in [0.05, 0.1) is 18.8 Å². The fraction of sp³-hybridized carbons (Fsp3) is 0.806. The number of carbonyl (C=O) groups is 1. The van der Waals surface area contributed by atoms with Crippen molar-refractivity contribution in [2.75, 3.05) is 6.61 Å². The van der Waals surface area contributed by atoms with Gasteiger partial charge in [-0.2, -0.15) is 0 Å². The van der Waals surface area contributed by atoms with E-state index in [1.807, 2.05) is 6.08 Å². The summed E-state index contributed by atoms with van der Waals surface area (Å²) in [5.41, 5.74) is 0. The van der Waals surface area contributed by atoms with Gasteiger partial charge >= 0.3 is 0 Å². The van der Waals surface area contributed by atoms with Gasteiger partial charge in [0.25, 0.3) is 0 Å². The Morgan fingerprint density at radius 3 is 1.51 bits per heavy atom. The van der Waals surface area contributed by atoms with E-state index in [-0.39, 0.29) is 6.61 Å². The zero-order chi connectivity index (χ0) is 30.2. The molecule has 0 spiro atoms. The van der Waals surface area contributed by atoms with Gasteiger partial charge in [-0.1, -0.05) is 140 Å². The molecule has 0 saturated heterocycles. The Bertz CT molecular complexity index is 645. The zero-order valence-corrected chi connectivity index (χ0v) is 26.9. The van der Waals surface area contributed by atoms with Crippen molar-refractivity contribution in [1.29, 1.82) is 0 Å². The fourth-order valence-electron chi connectivity index (χ4n) is 4.90. The van der Waals surface area contributed by atoms with Crippen LogP contribution in [0.5, 0.6) is 0 Å². The average Bonchev–Trinajstić information content (AvgIpc) is 2.98. The highest BCUT2D eigenvalue weighted by atomic mass is 16.3. The molecule has 0 rings (SSSR count). The molecule has 41 heavy (non-hydrogen) atoms. The minimum absolute atomic E-state index is 0.379. The van der Waals surface area contributed by atoms with Crippen LogP contribution in [0.3, 0.4) is 0 Å². The van der Waals surface area contributed by atoms with E-state index in [0.29, 0.717) is 6.42 Å². The molecule has 0 heterocycles. The smallest absolute Gasteiger partial charge is 0.249 e. The summed E-state index contributed by atoms with van der Waals surface area (Å²) in [4.78, 5) is 12.3. The number of aliphatic hydroxyl groups is 3. The van der Waals surface area contributed by atoms with Crippen LogP contribution in [-0.4, -0.2) is 46.1 Å². The molecule has 0 aromatic carbocycles. The number of amides is 1. The minimum atomic E-state index is -1.11. The number of aliphatic hydroxyl groups excluding tert-OH is 3. The normalized spacial score (nSPS) is 14.4. The SMILES string of the molecule is CCCCCC/C=C\CCCCCCCCC(O)C(=O)NC(CO)C(O)/C=C/CC/C=C/CCCCCCCCC. The molecule has 3 atom stereocenters. The number of carbonyl (C=O) groups excluding carboxylic acids is 1. The van der Waals surface area contributed by atoms with Gasteiger partial charge in [0, 0.05) is 0 Å². The molecule has 5 nitrogen and oxygen atoms in total. The maximum Gasteiger partial charge on any atom is 0.249 e. The lowest BCUT2D eigenvalue weighted by Gasteiger charge is -2.21. The first-order valence-corrected chi connectivity index (χ1v) is 17.3. The van der Waals surface area contributed by atoms with Crippen LogP contribution in [0, 0.1) is 0 Å². The lowest BCUT2D eigenvalue weighted by atomic mass is 10.0. The Kier molecular flexibility index (Phi) is 30.4. The Balaban J connectivity index is 3.85. The van der Waals surface area contributed by atoms with Gasteiger partial charge in [-0.05, 0) is 57.8 Å². The number of allylic oxidation sites excluding steroid dienone is 5. The van der Waals surface area contributed by atoms with Gasteiger partial charge in [0.1, 0.15) is 6.10 Å². The molecule has 0 bridgehead atoms. The van der Waals surface area contributed by atoms with Crippen LogP contribution in [0.2, 0.25) is 0 Å². The van der Waals surface area contributed by atoms with Crippen molar-refractivity contribution >= 4 is 5.91 Å². The van der Waals surface area contributed by atoms with E-state index in [9.17, 15) is 20.1 Å². The van der Waals surface area contributed by atoms with E-state index in [1.54, 1.807) is 6.08 Å². The molecule has 1 amide bonds. The van der Waals surface area contributed by atoms with Crippen molar-refractivity contribution in [2.45, 2.75) is 180 Å². The maximum absolute atomic E-state index is 12.3. The van der Waals surface area contributed by atoms with E-state index in [1.165, 1.54) is 96.3 Å². The number of unbranched alkanes of at least 4 members (excludes halogenated alkanes) is 18. The summed E-state index contributed by atoms with van der Waals surface area (Å²) < 4.78 is 0. The monoisotopic (exact) mass is 578 g/mol. The third-order valence-electron chi connectivity index (χ3n) is 7.70. The molecular formula is C36H67NO4.